The Hall–Kier alpha value is -0.850. The number of rotatable bonds is 0. The van der Waals surface area contributed by atoms with Gasteiger partial charge in [0.25, 0.3) is 0 Å². The molecule has 1 aromatic rings. The molecule has 1 heteroatoms. The monoisotopic (exact) mass is 138 g/mol. The minimum Gasteiger partial charge on any atom is -0.208 e. The maximum absolute atomic E-state index is 2.08. The third-order valence-corrected chi connectivity index (χ3v) is 1.09. The fourth-order valence-electron chi connectivity index (χ4n) is 0.738. The Labute approximate surface area is 63.3 Å². The highest BCUT2D eigenvalue weighted by molar-refractivity contribution is 5.00. The number of aryl methyl sites for hydroxylation is 2. The van der Waals surface area contributed by atoms with Crippen LogP contribution in [-0.2, 0) is 7.05 Å². The van der Waals surface area contributed by atoms with E-state index in [0.29, 0.717) is 0 Å². The second-order valence-corrected chi connectivity index (χ2v) is 2.05. The van der Waals surface area contributed by atoms with Gasteiger partial charge in [-0.3, -0.25) is 0 Å². The molecule has 1 aromatic heterocycles. The zero-order valence-electron chi connectivity index (χ0n) is 7.26. The van der Waals surface area contributed by atoms with Crippen molar-refractivity contribution in [1.82, 2.24) is 0 Å². The lowest BCUT2D eigenvalue weighted by atomic mass is 10.3. The second kappa shape index (κ2) is 4.98. The molecule has 0 aromatic carbocycles. The Morgan fingerprint density at radius 1 is 1.30 bits per heavy atom. The zero-order valence-corrected chi connectivity index (χ0v) is 7.26. The standard InChI is InChI=1S/C7H10N.C2H6/c1-7-4-3-5-8(2)6-7;1-2/h3-6H,1-2H3;1-2H3/q+1;. The Morgan fingerprint density at radius 3 is 2.20 bits per heavy atom. The predicted octanol–water partition coefficient (Wildman–Crippen LogP) is 1.85. The largest absolute Gasteiger partial charge is 0.208 e. The van der Waals surface area contributed by atoms with Crippen LogP contribution in [0.25, 0.3) is 0 Å². The van der Waals surface area contributed by atoms with Gasteiger partial charge in [0, 0.05) is 11.6 Å². The summed E-state index contributed by atoms with van der Waals surface area (Å²) in [6.45, 7) is 6.08. The summed E-state index contributed by atoms with van der Waals surface area (Å²) >= 11 is 0. The summed E-state index contributed by atoms with van der Waals surface area (Å²) in [7, 11) is 2.02. The molecule has 0 atom stereocenters. The first kappa shape index (κ1) is 9.15. The third-order valence-electron chi connectivity index (χ3n) is 1.09. The molecule has 0 aliphatic carbocycles. The summed E-state index contributed by atoms with van der Waals surface area (Å²) in [6, 6.07) is 4.12. The average molecular weight is 138 g/mol. The molecule has 0 aliphatic heterocycles. The van der Waals surface area contributed by atoms with Crippen LogP contribution >= 0.6 is 0 Å². The van der Waals surface area contributed by atoms with Gasteiger partial charge in [0.2, 0.25) is 0 Å². The van der Waals surface area contributed by atoms with Gasteiger partial charge < -0.3 is 0 Å². The molecule has 1 rings (SSSR count). The number of aromatic nitrogens is 1. The Kier molecular flexibility index (Phi) is 4.55. The molecule has 0 fully saturated rings. The maximum Gasteiger partial charge on any atom is 0.171 e. The highest BCUT2D eigenvalue weighted by Crippen LogP contribution is 1.86. The minimum atomic E-state index is 1.30. The number of nitrogens with zero attached hydrogens (tertiary/aromatic N) is 1. The van der Waals surface area contributed by atoms with E-state index in [1.807, 2.05) is 37.7 Å². The lowest BCUT2D eigenvalue weighted by Crippen LogP contribution is -2.26. The van der Waals surface area contributed by atoms with E-state index in [-0.39, 0.29) is 0 Å². The Balaban J connectivity index is 0.000000371. The van der Waals surface area contributed by atoms with Crippen molar-refractivity contribution in [2.24, 2.45) is 7.05 Å². The summed E-state index contributed by atoms with van der Waals surface area (Å²) < 4.78 is 2.04. The van der Waals surface area contributed by atoms with Gasteiger partial charge in [0.1, 0.15) is 7.05 Å². The smallest absolute Gasteiger partial charge is 0.171 e. The van der Waals surface area contributed by atoms with E-state index in [0.717, 1.165) is 0 Å². The van der Waals surface area contributed by atoms with Crippen molar-refractivity contribution in [3.05, 3.63) is 30.1 Å². The molecule has 1 heterocycles. The van der Waals surface area contributed by atoms with Gasteiger partial charge in [-0.2, -0.15) is 0 Å². The van der Waals surface area contributed by atoms with E-state index in [2.05, 4.69) is 19.2 Å². The normalized spacial score (nSPS) is 8.00. The van der Waals surface area contributed by atoms with Crippen molar-refractivity contribution in [3.8, 4) is 0 Å². The number of hydrogen-bond donors (Lipinski definition) is 0. The van der Waals surface area contributed by atoms with Crippen LogP contribution < -0.4 is 4.57 Å². The molecule has 1 nitrogen and oxygen atoms in total. The van der Waals surface area contributed by atoms with Gasteiger partial charge in [-0.1, -0.05) is 13.8 Å². The minimum absolute atomic E-state index is 1.30. The van der Waals surface area contributed by atoms with Crippen molar-refractivity contribution >= 4 is 0 Å². The molecule has 10 heavy (non-hydrogen) atoms. The van der Waals surface area contributed by atoms with E-state index >= 15 is 0 Å². The van der Waals surface area contributed by atoms with Crippen molar-refractivity contribution in [2.75, 3.05) is 0 Å². The van der Waals surface area contributed by atoms with Gasteiger partial charge in [-0.25, -0.2) is 4.57 Å². The Morgan fingerprint density at radius 2 is 1.90 bits per heavy atom. The van der Waals surface area contributed by atoms with E-state index in [9.17, 15) is 0 Å². The van der Waals surface area contributed by atoms with Crippen LogP contribution in [0.5, 0.6) is 0 Å². The van der Waals surface area contributed by atoms with Crippen LogP contribution in [0.3, 0.4) is 0 Å². The lowest BCUT2D eigenvalue weighted by molar-refractivity contribution is -0.671. The van der Waals surface area contributed by atoms with E-state index in [1.165, 1.54) is 5.56 Å². The molecule has 0 saturated heterocycles. The van der Waals surface area contributed by atoms with Gasteiger partial charge >= 0.3 is 0 Å². The van der Waals surface area contributed by atoms with Crippen molar-refractivity contribution < 1.29 is 4.57 Å². The molecule has 0 amide bonds. The zero-order chi connectivity index (χ0) is 7.98. The fraction of sp³-hybridized carbons (Fsp3) is 0.444. The summed E-state index contributed by atoms with van der Waals surface area (Å²) in [4.78, 5) is 0. The molecule has 0 spiro atoms. The van der Waals surface area contributed by atoms with Crippen molar-refractivity contribution in [3.63, 3.8) is 0 Å². The topological polar surface area (TPSA) is 3.88 Å². The summed E-state index contributed by atoms with van der Waals surface area (Å²) in [6.07, 6.45) is 4.10. The van der Waals surface area contributed by atoms with Crippen molar-refractivity contribution in [1.29, 1.82) is 0 Å². The first-order valence-electron chi connectivity index (χ1n) is 3.71. The summed E-state index contributed by atoms with van der Waals surface area (Å²) in [5.74, 6) is 0. The number of hydrogen-bond acceptors (Lipinski definition) is 0. The van der Waals surface area contributed by atoms with Crippen LogP contribution in [0.2, 0.25) is 0 Å². The molecule has 0 unspecified atom stereocenters. The second-order valence-electron chi connectivity index (χ2n) is 2.05. The number of pyridine rings is 1. The average Bonchev–Trinajstić information content (AvgIpc) is 1.91. The van der Waals surface area contributed by atoms with Crippen LogP contribution in [0.1, 0.15) is 19.4 Å². The quantitative estimate of drug-likeness (QED) is 0.482. The van der Waals surface area contributed by atoms with Gasteiger partial charge in [-0.15, -0.1) is 0 Å². The third kappa shape index (κ3) is 3.23. The molecule has 0 aliphatic rings. The van der Waals surface area contributed by atoms with Gasteiger partial charge in [0.15, 0.2) is 12.4 Å². The molecule has 0 saturated carbocycles. The van der Waals surface area contributed by atoms with E-state index < -0.39 is 0 Å². The summed E-state index contributed by atoms with van der Waals surface area (Å²) in [5, 5.41) is 0. The van der Waals surface area contributed by atoms with E-state index in [4.69, 9.17) is 0 Å². The van der Waals surface area contributed by atoms with Crippen molar-refractivity contribution in [2.45, 2.75) is 20.8 Å². The van der Waals surface area contributed by atoms with Crippen LogP contribution in [-0.4, -0.2) is 0 Å². The highest BCUT2D eigenvalue weighted by atomic mass is 14.9. The fourth-order valence-corrected chi connectivity index (χ4v) is 0.738. The predicted molar refractivity (Wildman–Crippen MR) is 43.7 cm³/mol. The molecule has 0 bridgehead atoms. The van der Waals surface area contributed by atoms with Crippen LogP contribution in [0.15, 0.2) is 24.5 Å². The molecule has 0 radical (unpaired) electrons. The molecular weight excluding hydrogens is 122 g/mol. The molecular formula is C9H16N+. The highest BCUT2D eigenvalue weighted by Gasteiger charge is 1.87. The maximum atomic E-state index is 2.08. The molecule has 56 valence electrons. The first-order chi connectivity index (χ1) is 4.79. The van der Waals surface area contributed by atoms with Crippen LogP contribution in [0, 0.1) is 6.92 Å². The lowest BCUT2D eigenvalue weighted by Gasteiger charge is -1.85. The Bertz CT molecular complexity index is 165. The SMILES string of the molecule is CC.Cc1ccc[n+](C)c1. The van der Waals surface area contributed by atoms with Gasteiger partial charge in [-0.05, 0) is 13.0 Å². The van der Waals surface area contributed by atoms with Gasteiger partial charge in [0.05, 0.1) is 0 Å². The van der Waals surface area contributed by atoms with Crippen LogP contribution in [0.4, 0.5) is 0 Å². The summed E-state index contributed by atoms with van der Waals surface area (Å²) in [5.41, 5.74) is 1.30. The van der Waals surface area contributed by atoms with E-state index in [1.54, 1.807) is 0 Å². The molecule has 0 N–H and O–H groups in total. The first-order valence-corrected chi connectivity index (χ1v) is 3.71.